The zero-order valence-electron chi connectivity index (χ0n) is 17.7. The van der Waals surface area contributed by atoms with Crippen LogP contribution in [0.1, 0.15) is 54.4 Å². The number of anilines is 1. The fraction of sp³-hybridized carbons (Fsp3) is 0.545. The minimum absolute atomic E-state index is 0.187. The van der Waals surface area contributed by atoms with Crippen LogP contribution in [0, 0.1) is 0 Å². The highest BCUT2D eigenvalue weighted by Gasteiger charge is 2.44. The summed E-state index contributed by atoms with van der Waals surface area (Å²) in [6.07, 6.45) is 8.44. The molecule has 2 heterocycles. The lowest BCUT2D eigenvalue weighted by atomic mass is 9.86. The van der Waals surface area contributed by atoms with E-state index in [1.807, 2.05) is 33.8 Å². The predicted molar refractivity (Wildman–Crippen MR) is 114 cm³/mol. The lowest BCUT2D eigenvalue weighted by molar-refractivity contribution is 0.0645. The highest BCUT2D eigenvalue weighted by molar-refractivity contribution is 5.68. The first kappa shape index (κ1) is 24.2. The number of benzene rings is 1. The molecule has 1 aromatic carbocycles. The maximum atomic E-state index is 7.00. The van der Waals surface area contributed by atoms with Crippen molar-refractivity contribution < 1.29 is 9.84 Å². The number of ether oxygens (including phenoxy) is 1. The largest absolute Gasteiger partial charge is 0.479 e. The van der Waals surface area contributed by atoms with Crippen LogP contribution in [0.2, 0.25) is 0 Å². The second-order valence-corrected chi connectivity index (χ2v) is 5.34. The van der Waals surface area contributed by atoms with E-state index >= 15 is 0 Å². The van der Waals surface area contributed by atoms with Gasteiger partial charge in [-0.3, -0.25) is 0 Å². The summed E-state index contributed by atoms with van der Waals surface area (Å²) in [5, 5.41) is 10.4. The monoisotopic (exact) mass is 362 g/mol. The quantitative estimate of drug-likeness (QED) is 0.729. The Labute approximate surface area is 160 Å². The van der Waals surface area contributed by atoms with Crippen LogP contribution in [-0.2, 0) is 0 Å². The van der Waals surface area contributed by atoms with Crippen molar-refractivity contribution >= 4 is 5.69 Å². The van der Waals surface area contributed by atoms with Crippen LogP contribution < -0.4 is 15.0 Å². The molecule has 4 heteroatoms. The first-order chi connectivity index (χ1) is 12.8. The summed E-state index contributed by atoms with van der Waals surface area (Å²) in [5.41, 5.74) is 2.20. The third-order valence-corrected chi connectivity index (χ3v) is 4.14. The summed E-state index contributed by atoms with van der Waals surface area (Å²) in [7, 11) is 1.00. The van der Waals surface area contributed by atoms with Gasteiger partial charge in [-0.05, 0) is 39.1 Å². The molecule has 1 aromatic rings. The Kier molecular flexibility index (Phi) is 12.5. The van der Waals surface area contributed by atoms with Crippen molar-refractivity contribution in [3.05, 3.63) is 48.3 Å². The minimum Gasteiger partial charge on any atom is -0.479 e. The molecule has 2 N–H and O–H groups in total. The summed E-state index contributed by atoms with van der Waals surface area (Å²) < 4.78 is 6.46. The van der Waals surface area contributed by atoms with Crippen LogP contribution in [0.5, 0.6) is 5.75 Å². The number of fused-ring (bicyclic) bond motifs is 1. The molecule has 1 spiro atoms. The number of nitrogens with one attached hydrogen (secondary N) is 1. The number of hydrogen-bond acceptors (Lipinski definition) is 4. The van der Waals surface area contributed by atoms with Crippen molar-refractivity contribution in [3.8, 4) is 5.75 Å². The normalized spacial score (nSPS) is 18.5. The SMILES string of the molecule is C/C=C\N1/C(=C\C)C2(CCNCC2)Oc2ccccc21.CC.CC.CO. The van der Waals surface area contributed by atoms with Gasteiger partial charge in [-0.1, -0.05) is 52.0 Å². The van der Waals surface area contributed by atoms with Crippen molar-refractivity contribution in [1.29, 1.82) is 0 Å². The zero-order chi connectivity index (χ0) is 20.0. The van der Waals surface area contributed by atoms with E-state index < -0.39 is 0 Å². The second kappa shape index (κ2) is 13.4. The number of nitrogens with zero attached hydrogens (tertiary/aromatic N) is 1. The molecule has 0 radical (unpaired) electrons. The van der Waals surface area contributed by atoms with Gasteiger partial charge in [-0.2, -0.15) is 0 Å². The third-order valence-electron chi connectivity index (χ3n) is 4.14. The maximum Gasteiger partial charge on any atom is 0.151 e. The second-order valence-electron chi connectivity index (χ2n) is 5.34. The van der Waals surface area contributed by atoms with Gasteiger partial charge in [0.2, 0.25) is 0 Å². The van der Waals surface area contributed by atoms with Crippen molar-refractivity contribution in [3.63, 3.8) is 0 Å². The zero-order valence-corrected chi connectivity index (χ0v) is 17.7. The Bertz CT molecular complexity index is 547. The number of rotatable bonds is 1. The summed E-state index contributed by atoms with van der Waals surface area (Å²) in [6.45, 7) is 14.2. The molecule has 1 fully saturated rings. The molecule has 0 atom stereocenters. The number of aliphatic hydroxyl groups excluding tert-OH is 1. The lowest BCUT2D eigenvalue weighted by Crippen LogP contribution is -2.53. The summed E-state index contributed by atoms with van der Waals surface area (Å²) in [5.74, 6) is 0.984. The van der Waals surface area contributed by atoms with Crippen LogP contribution >= 0.6 is 0 Å². The summed E-state index contributed by atoms with van der Waals surface area (Å²) in [4.78, 5) is 2.28. The van der Waals surface area contributed by atoms with Gasteiger partial charge < -0.3 is 20.1 Å². The number of piperidine rings is 1. The molecular formula is C22H38N2O2. The Morgan fingerprint density at radius 1 is 1.04 bits per heavy atom. The van der Waals surface area contributed by atoms with E-state index in [9.17, 15) is 0 Å². The molecule has 26 heavy (non-hydrogen) atoms. The average Bonchev–Trinajstić information content (AvgIpc) is 2.73. The van der Waals surface area contributed by atoms with E-state index in [4.69, 9.17) is 9.84 Å². The van der Waals surface area contributed by atoms with Crippen LogP contribution in [0.25, 0.3) is 0 Å². The van der Waals surface area contributed by atoms with Gasteiger partial charge in [-0.25, -0.2) is 0 Å². The molecule has 2 aliphatic rings. The minimum atomic E-state index is -0.187. The molecule has 4 nitrogen and oxygen atoms in total. The predicted octanol–water partition coefficient (Wildman–Crippen LogP) is 5.11. The first-order valence-corrected chi connectivity index (χ1v) is 9.83. The molecule has 0 saturated carbocycles. The Morgan fingerprint density at radius 3 is 2.15 bits per heavy atom. The fourth-order valence-electron chi connectivity index (χ4n) is 3.26. The molecule has 0 aliphatic carbocycles. The van der Waals surface area contributed by atoms with E-state index in [2.05, 4.69) is 60.6 Å². The molecule has 0 amide bonds. The van der Waals surface area contributed by atoms with Crippen molar-refractivity contribution in [2.45, 2.75) is 60.0 Å². The van der Waals surface area contributed by atoms with Gasteiger partial charge in [0.15, 0.2) is 5.60 Å². The molecule has 1 saturated heterocycles. The van der Waals surface area contributed by atoms with E-state index in [-0.39, 0.29) is 5.60 Å². The molecule has 2 aliphatic heterocycles. The third kappa shape index (κ3) is 5.36. The molecule has 0 bridgehead atoms. The van der Waals surface area contributed by atoms with E-state index in [0.717, 1.165) is 44.5 Å². The molecule has 3 rings (SSSR count). The van der Waals surface area contributed by atoms with Gasteiger partial charge in [0.1, 0.15) is 5.75 Å². The lowest BCUT2D eigenvalue weighted by Gasteiger charge is -2.47. The van der Waals surface area contributed by atoms with E-state index in [1.165, 1.54) is 5.70 Å². The van der Waals surface area contributed by atoms with Crippen molar-refractivity contribution in [2.24, 2.45) is 0 Å². The molecule has 148 valence electrons. The summed E-state index contributed by atoms with van der Waals surface area (Å²) >= 11 is 0. The van der Waals surface area contributed by atoms with Crippen LogP contribution in [0.15, 0.2) is 48.3 Å². The fourth-order valence-corrected chi connectivity index (χ4v) is 3.26. The van der Waals surface area contributed by atoms with Crippen molar-refractivity contribution in [2.75, 3.05) is 25.1 Å². The highest BCUT2D eigenvalue weighted by atomic mass is 16.5. The smallest absolute Gasteiger partial charge is 0.151 e. The number of allylic oxidation sites excluding steroid dienone is 2. The van der Waals surface area contributed by atoms with E-state index in [0.29, 0.717) is 0 Å². The average molecular weight is 363 g/mol. The van der Waals surface area contributed by atoms with E-state index in [1.54, 1.807) is 0 Å². The topological polar surface area (TPSA) is 44.7 Å². The number of hydrogen-bond donors (Lipinski definition) is 2. The van der Waals surface area contributed by atoms with Crippen LogP contribution in [-0.4, -0.2) is 30.9 Å². The van der Waals surface area contributed by atoms with Crippen LogP contribution in [0.3, 0.4) is 0 Å². The van der Waals surface area contributed by atoms with Gasteiger partial charge in [0, 0.05) is 26.2 Å². The Hall–Kier alpha value is -1.78. The first-order valence-electron chi connectivity index (χ1n) is 9.83. The molecule has 0 unspecified atom stereocenters. The Morgan fingerprint density at radius 2 is 1.62 bits per heavy atom. The highest BCUT2D eigenvalue weighted by Crippen LogP contribution is 2.46. The summed E-state index contributed by atoms with van der Waals surface area (Å²) in [6, 6.07) is 8.29. The standard InChI is InChI=1S/C17H22N2O.2C2H6.CH4O/c1-3-13-19-14-7-5-6-8-15(14)20-17(16(19)4-2)9-11-18-12-10-17;3*1-2/h3-8,13,18H,9-12H2,1-2H3;2*1-2H3;2H,1H3/b13-3-,16-4-;;;. The Balaban J connectivity index is 0.000000948. The van der Waals surface area contributed by atoms with Gasteiger partial charge in [0.25, 0.3) is 0 Å². The maximum absolute atomic E-state index is 7.00. The molecule has 0 aromatic heterocycles. The van der Waals surface area contributed by atoms with Gasteiger partial charge in [0.05, 0.1) is 11.4 Å². The number of aliphatic hydroxyl groups is 1. The van der Waals surface area contributed by atoms with Crippen LogP contribution in [0.4, 0.5) is 5.69 Å². The van der Waals surface area contributed by atoms with Gasteiger partial charge in [-0.15, -0.1) is 0 Å². The molecular weight excluding hydrogens is 324 g/mol. The van der Waals surface area contributed by atoms with Gasteiger partial charge >= 0.3 is 0 Å². The number of para-hydroxylation sites is 2. The van der Waals surface area contributed by atoms with Crippen molar-refractivity contribution in [1.82, 2.24) is 5.32 Å².